The predicted molar refractivity (Wildman–Crippen MR) is 67.8 cm³/mol. The minimum Gasteiger partial charge on any atom is -0.497 e. The van der Waals surface area contributed by atoms with Crippen LogP contribution in [-0.4, -0.2) is 26.3 Å². The number of esters is 1. The molecule has 108 valence electrons. The summed E-state index contributed by atoms with van der Waals surface area (Å²) < 4.78 is 20.7. The minimum absolute atomic E-state index is 0.579. The van der Waals surface area contributed by atoms with E-state index in [4.69, 9.17) is 18.9 Å². The lowest BCUT2D eigenvalue weighted by molar-refractivity contribution is -0.362. The second-order valence-corrected chi connectivity index (χ2v) is 4.34. The van der Waals surface area contributed by atoms with Crippen LogP contribution >= 0.6 is 0 Å². The van der Waals surface area contributed by atoms with Crippen LogP contribution in [0.15, 0.2) is 34.5 Å². The third-order valence-corrected chi connectivity index (χ3v) is 2.85. The van der Waals surface area contributed by atoms with E-state index in [1.54, 1.807) is 38.3 Å². The molecule has 1 aliphatic heterocycles. The van der Waals surface area contributed by atoms with Gasteiger partial charge in [-0.05, 0) is 19.1 Å². The highest BCUT2D eigenvalue weighted by atomic mass is 16.9. The second kappa shape index (κ2) is 5.18. The first-order valence-electron chi connectivity index (χ1n) is 5.96. The summed E-state index contributed by atoms with van der Waals surface area (Å²) in [5.74, 6) is 0.134. The Morgan fingerprint density at radius 2 is 1.85 bits per heavy atom. The summed E-state index contributed by atoms with van der Waals surface area (Å²) in [6.45, 7) is 2.94. The lowest BCUT2D eigenvalue weighted by Gasteiger charge is -2.26. The van der Waals surface area contributed by atoms with Crippen molar-refractivity contribution in [2.75, 3.05) is 14.2 Å². The van der Waals surface area contributed by atoms with E-state index in [0.717, 1.165) is 5.56 Å². The molecule has 20 heavy (non-hydrogen) atoms. The molecule has 0 spiro atoms. The van der Waals surface area contributed by atoms with Crippen LogP contribution in [-0.2, 0) is 24.7 Å². The van der Waals surface area contributed by atoms with Gasteiger partial charge in [0, 0.05) is 19.6 Å². The number of hydrogen-bond acceptors (Lipinski definition) is 7. The maximum Gasteiger partial charge on any atom is 0.464 e. The van der Waals surface area contributed by atoms with Crippen LogP contribution in [0.5, 0.6) is 5.75 Å². The molecule has 1 aromatic carbocycles. The largest absolute Gasteiger partial charge is 0.497 e. The number of carbonyl (C=O) groups is 1. The van der Waals surface area contributed by atoms with Gasteiger partial charge in [-0.2, -0.15) is 0 Å². The Bertz CT molecular complexity index is 530. The van der Waals surface area contributed by atoms with E-state index in [9.17, 15) is 4.79 Å². The summed E-state index contributed by atoms with van der Waals surface area (Å²) in [6, 6.07) is 7.13. The first kappa shape index (κ1) is 14.4. The van der Waals surface area contributed by atoms with Gasteiger partial charge in [-0.1, -0.05) is 17.2 Å². The molecule has 0 fully saturated rings. The van der Waals surface area contributed by atoms with Crippen LogP contribution in [0.2, 0.25) is 0 Å². The number of nitrogens with zero attached hydrogens (tertiary/aromatic N) is 2. The SMILES string of the molecule is COc1ccc([C@@]2(C)N=N[C@@](OC)(OC(C)=O)O2)cc1. The van der Waals surface area contributed by atoms with Crippen molar-refractivity contribution in [3.63, 3.8) is 0 Å². The van der Waals surface area contributed by atoms with Crippen molar-refractivity contribution >= 4 is 5.97 Å². The molecule has 0 unspecified atom stereocenters. The lowest BCUT2D eigenvalue weighted by atomic mass is 10.1. The van der Waals surface area contributed by atoms with Crippen LogP contribution in [0.25, 0.3) is 0 Å². The lowest BCUT2D eigenvalue weighted by Crippen LogP contribution is -2.39. The fraction of sp³-hybridized carbons (Fsp3) is 0.462. The van der Waals surface area contributed by atoms with Crippen molar-refractivity contribution in [2.45, 2.75) is 25.7 Å². The summed E-state index contributed by atoms with van der Waals surface area (Å²) in [7, 11) is 2.90. The fourth-order valence-electron chi connectivity index (χ4n) is 1.81. The maximum absolute atomic E-state index is 11.1. The average molecular weight is 280 g/mol. The molecule has 0 amide bonds. The molecular formula is C13H16N2O5. The van der Waals surface area contributed by atoms with Gasteiger partial charge in [0.1, 0.15) is 5.75 Å². The first-order valence-corrected chi connectivity index (χ1v) is 5.96. The van der Waals surface area contributed by atoms with Gasteiger partial charge < -0.3 is 9.47 Å². The molecule has 1 heterocycles. The molecule has 0 saturated carbocycles. The van der Waals surface area contributed by atoms with E-state index >= 15 is 0 Å². The Morgan fingerprint density at radius 1 is 1.20 bits per heavy atom. The van der Waals surface area contributed by atoms with Gasteiger partial charge in [0.25, 0.3) is 0 Å². The molecule has 0 saturated heterocycles. The van der Waals surface area contributed by atoms with Crippen LogP contribution in [0.4, 0.5) is 0 Å². The fourth-order valence-corrected chi connectivity index (χ4v) is 1.81. The van der Waals surface area contributed by atoms with E-state index in [1.165, 1.54) is 14.0 Å². The number of ether oxygens (including phenoxy) is 4. The van der Waals surface area contributed by atoms with Gasteiger partial charge in [-0.25, -0.2) is 0 Å². The Hall–Kier alpha value is -1.99. The highest BCUT2D eigenvalue weighted by Gasteiger charge is 2.50. The Morgan fingerprint density at radius 3 is 2.35 bits per heavy atom. The highest BCUT2D eigenvalue weighted by molar-refractivity contribution is 5.66. The van der Waals surface area contributed by atoms with Gasteiger partial charge in [-0.3, -0.25) is 14.3 Å². The van der Waals surface area contributed by atoms with Gasteiger partial charge in [0.15, 0.2) is 0 Å². The molecule has 0 bridgehead atoms. The van der Waals surface area contributed by atoms with Gasteiger partial charge in [-0.15, -0.1) is 5.11 Å². The van der Waals surface area contributed by atoms with Crippen molar-refractivity contribution in [1.29, 1.82) is 0 Å². The molecular weight excluding hydrogens is 264 g/mol. The topological polar surface area (TPSA) is 78.7 Å². The number of rotatable bonds is 4. The summed E-state index contributed by atoms with van der Waals surface area (Å²) in [4.78, 5) is 11.1. The highest BCUT2D eigenvalue weighted by Crippen LogP contribution is 2.40. The number of azo groups is 1. The van der Waals surface area contributed by atoms with Crippen LogP contribution < -0.4 is 4.74 Å². The standard InChI is InChI=1S/C13H16N2O5/c1-9(16)19-13(18-4)15-14-12(2,20-13)10-5-7-11(17-3)8-6-10/h5-8H,1-4H3/t12-,13+/m0/s1. The summed E-state index contributed by atoms with van der Waals surface area (Å²) in [5.41, 5.74) is -0.370. The van der Waals surface area contributed by atoms with Crippen LogP contribution in [0.1, 0.15) is 19.4 Å². The minimum atomic E-state index is -1.83. The third-order valence-electron chi connectivity index (χ3n) is 2.85. The Kier molecular flexibility index (Phi) is 3.74. The van der Waals surface area contributed by atoms with Crippen molar-refractivity contribution in [1.82, 2.24) is 0 Å². The molecule has 1 aromatic rings. The molecule has 0 radical (unpaired) electrons. The zero-order chi connectivity index (χ0) is 14.8. The Balaban J connectivity index is 2.24. The average Bonchev–Trinajstić information content (AvgIpc) is 2.77. The first-order chi connectivity index (χ1) is 9.43. The summed E-state index contributed by atoms with van der Waals surface area (Å²) in [5, 5.41) is 7.83. The molecule has 7 heteroatoms. The zero-order valence-electron chi connectivity index (χ0n) is 11.7. The van der Waals surface area contributed by atoms with Gasteiger partial charge >= 0.3 is 12.1 Å². The number of carbonyl (C=O) groups excluding carboxylic acids is 1. The summed E-state index contributed by atoms with van der Waals surface area (Å²) >= 11 is 0. The van der Waals surface area contributed by atoms with Crippen molar-refractivity contribution in [3.8, 4) is 5.75 Å². The molecule has 0 aliphatic carbocycles. The third kappa shape index (κ3) is 2.63. The molecule has 2 rings (SSSR count). The van der Waals surface area contributed by atoms with E-state index in [0.29, 0.717) is 5.75 Å². The Labute approximate surface area is 116 Å². The van der Waals surface area contributed by atoms with Crippen LogP contribution in [0, 0.1) is 0 Å². The molecule has 7 nitrogen and oxygen atoms in total. The zero-order valence-corrected chi connectivity index (χ0v) is 11.7. The van der Waals surface area contributed by atoms with E-state index < -0.39 is 17.8 Å². The summed E-state index contributed by atoms with van der Waals surface area (Å²) in [6.07, 6.45) is -1.83. The van der Waals surface area contributed by atoms with E-state index in [2.05, 4.69) is 10.2 Å². The molecule has 0 N–H and O–H groups in total. The normalized spacial score (nSPS) is 28.4. The number of methoxy groups -OCH3 is 2. The number of hydrogen-bond donors (Lipinski definition) is 0. The van der Waals surface area contributed by atoms with Gasteiger partial charge in [0.2, 0.25) is 5.72 Å². The second-order valence-electron chi connectivity index (χ2n) is 4.34. The monoisotopic (exact) mass is 280 g/mol. The number of benzene rings is 1. The quantitative estimate of drug-likeness (QED) is 0.624. The van der Waals surface area contributed by atoms with Gasteiger partial charge in [0.05, 0.1) is 7.11 Å². The maximum atomic E-state index is 11.1. The van der Waals surface area contributed by atoms with Crippen LogP contribution in [0.3, 0.4) is 0 Å². The van der Waals surface area contributed by atoms with E-state index in [-0.39, 0.29) is 0 Å². The molecule has 0 aromatic heterocycles. The van der Waals surface area contributed by atoms with Crippen molar-refractivity contribution in [2.24, 2.45) is 10.2 Å². The smallest absolute Gasteiger partial charge is 0.464 e. The van der Waals surface area contributed by atoms with Crippen molar-refractivity contribution < 1.29 is 23.7 Å². The molecule has 1 aliphatic rings. The van der Waals surface area contributed by atoms with E-state index in [1.807, 2.05) is 0 Å². The molecule has 2 atom stereocenters. The van der Waals surface area contributed by atoms with Crippen molar-refractivity contribution in [3.05, 3.63) is 29.8 Å². The predicted octanol–water partition coefficient (Wildman–Crippen LogP) is 2.17.